The average molecular weight is 293 g/mol. The monoisotopic (exact) mass is 293 g/mol. The Hall–Kier alpha value is -0.0800. The van der Waals surface area contributed by atoms with E-state index >= 15 is 0 Å². The summed E-state index contributed by atoms with van der Waals surface area (Å²) in [6, 6.07) is 0.614. The highest BCUT2D eigenvalue weighted by atomic mass is 16.5. The molecule has 0 bridgehead atoms. The van der Waals surface area contributed by atoms with Crippen LogP contribution in [0.3, 0.4) is 0 Å². The number of morpholine rings is 1. The molecule has 3 unspecified atom stereocenters. The van der Waals surface area contributed by atoms with Crippen LogP contribution < -0.4 is 5.32 Å². The third-order valence-electron chi connectivity index (χ3n) is 6.91. The maximum atomic E-state index is 6.73. The Bertz CT molecular complexity index is 343. The van der Waals surface area contributed by atoms with Crippen molar-refractivity contribution in [2.24, 2.45) is 11.3 Å². The van der Waals surface area contributed by atoms with E-state index in [2.05, 4.69) is 26.1 Å². The van der Waals surface area contributed by atoms with Gasteiger partial charge in [-0.05, 0) is 43.4 Å². The Morgan fingerprint density at radius 2 is 1.81 bits per heavy atom. The van der Waals surface area contributed by atoms with E-state index in [-0.39, 0.29) is 5.60 Å². The van der Waals surface area contributed by atoms with E-state index in [0.717, 1.165) is 12.5 Å². The molecule has 0 aromatic carbocycles. The van der Waals surface area contributed by atoms with Crippen LogP contribution in [0.25, 0.3) is 0 Å². The number of hydrogen-bond acceptors (Lipinski definition) is 2. The first-order chi connectivity index (χ1) is 10.0. The van der Waals surface area contributed by atoms with Crippen LogP contribution in [0.1, 0.15) is 85.0 Å². The van der Waals surface area contributed by atoms with Gasteiger partial charge in [0.15, 0.2) is 0 Å². The Morgan fingerprint density at radius 3 is 2.48 bits per heavy atom. The van der Waals surface area contributed by atoms with Crippen LogP contribution in [0.15, 0.2) is 0 Å². The zero-order chi connectivity index (χ0) is 14.9. The number of ether oxygens (including phenoxy) is 1. The second kappa shape index (κ2) is 6.20. The molecule has 21 heavy (non-hydrogen) atoms. The summed E-state index contributed by atoms with van der Waals surface area (Å²) >= 11 is 0. The summed E-state index contributed by atoms with van der Waals surface area (Å²) in [5.74, 6) is 0.864. The minimum Gasteiger partial charge on any atom is -0.369 e. The molecule has 0 aromatic heterocycles. The quantitative estimate of drug-likeness (QED) is 0.798. The van der Waals surface area contributed by atoms with Crippen molar-refractivity contribution in [1.82, 2.24) is 5.32 Å². The van der Waals surface area contributed by atoms with Gasteiger partial charge in [-0.1, -0.05) is 52.9 Å². The van der Waals surface area contributed by atoms with Crippen molar-refractivity contribution in [1.29, 1.82) is 0 Å². The standard InChI is InChI=1S/C19H35NO/c1-4-18(2,3)15-9-10-17-16(13-15)20-14-19(21-17)11-7-5-6-8-12-19/h15-17,20H,4-14H2,1-3H3. The molecule has 2 heteroatoms. The topological polar surface area (TPSA) is 21.3 Å². The molecule has 1 aliphatic heterocycles. The highest BCUT2D eigenvalue weighted by molar-refractivity contribution is 4.99. The van der Waals surface area contributed by atoms with Crippen molar-refractivity contribution in [2.45, 2.75) is 103 Å². The Kier molecular flexibility index (Phi) is 4.66. The molecule has 0 amide bonds. The highest BCUT2D eigenvalue weighted by Crippen LogP contribution is 2.44. The van der Waals surface area contributed by atoms with Gasteiger partial charge in [0, 0.05) is 12.6 Å². The molecular formula is C19H35NO. The Balaban J connectivity index is 1.62. The van der Waals surface area contributed by atoms with E-state index in [9.17, 15) is 0 Å². The molecule has 2 saturated carbocycles. The molecular weight excluding hydrogens is 258 g/mol. The molecule has 3 aliphatic rings. The van der Waals surface area contributed by atoms with Crippen LogP contribution >= 0.6 is 0 Å². The minimum absolute atomic E-state index is 0.185. The van der Waals surface area contributed by atoms with Crippen LogP contribution in [-0.2, 0) is 4.74 Å². The second-order valence-corrected chi connectivity index (χ2v) is 8.59. The maximum absolute atomic E-state index is 6.73. The van der Waals surface area contributed by atoms with Crippen molar-refractivity contribution in [3.63, 3.8) is 0 Å². The predicted octanol–water partition coefficient (Wildman–Crippen LogP) is 4.67. The van der Waals surface area contributed by atoms with E-state index in [1.165, 1.54) is 64.2 Å². The molecule has 2 aliphatic carbocycles. The lowest BCUT2D eigenvalue weighted by atomic mass is 9.67. The fraction of sp³-hybridized carbons (Fsp3) is 1.00. The van der Waals surface area contributed by atoms with E-state index in [4.69, 9.17) is 4.74 Å². The summed E-state index contributed by atoms with van der Waals surface area (Å²) < 4.78 is 6.73. The molecule has 3 rings (SSSR count). The normalized spacial score (nSPS) is 37.0. The van der Waals surface area contributed by atoms with Crippen molar-refractivity contribution < 1.29 is 4.74 Å². The van der Waals surface area contributed by atoms with Gasteiger partial charge in [-0.25, -0.2) is 0 Å². The van der Waals surface area contributed by atoms with Crippen LogP contribution in [0, 0.1) is 11.3 Å². The summed E-state index contributed by atoms with van der Waals surface area (Å²) in [6.45, 7) is 8.35. The van der Waals surface area contributed by atoms with Crippen LogP contribution in [0.4, 0.5) is 0 Å². The van der Waals surface area contributed by atoms with Gasteiger partial charge < -0.3 is 10.1 Å². The lowest BCUT2D eigenvalue weighted by Gasteiger charge is -2.51. The molecule has 2 nitrogen and oxygen atoms in total. The fourth-order valence-electron chi connectivity index (χ4n) is 4.84. The van der Waals surface area contributed by atoms with Crippen LogP contribution in [-0.4, -0.2) is 24.3 Å². The first kappa shape index (κ1) is 15.8. The number of hydrogen-bond donors (Lipinski definition) is 1. The molecule has 1 spiro atoms. The number of rotatable bonds is 2. The average Bonchev–Trinajstić information content (AvgIpc) is 2.72. The van der Waals surface area contributed by atoms with E-state index in [1.54, 1.807) is 0 Å². The van der Waals surface area contributed by atoms with Gasteiger partial charge in [0.05, 0.1) is 11.7 Å². The maximum Gasteiger partial charge on any atom is 0.0810 e. The molecule has 1 heterocycles. The zero-order valence-corrected chi connectivity index (χ0v) is 14.4. The largest absolute Gasteiger partial charge is 0.369 e. The summed E-state index contributed by atoms with van der Waals surface area (Å²) in [5.41, 5.74) is 0.675. The van der Waals surface area contributed by atoms with Gasteiger partial charge in [0.1, 0.15) is 0 Å². The zero-order valence-electron chi connectivity index (χ0n) is 14.4. The summed E-state index contributed by atoms with van der Waals surface area (Å²) in [4.78, 5) is 0. The molecule has 122 valence electrons. The third-order valence-corrected chi connectivity index (χ3v) is 6.91. The number of nitrogens with one attached hydrogen (secondary N) is 1. The van der Waals surface area contributed by atoms with Gasteiger partial charge in [-0.15, -0.1) is 0 Å². The molecule has 3 fully saturated rings. The van der Waals surface area contributed by atoms with E-state index in [1.807, 2.05) is 0 Å². The van der Waals surface area contributed by atoms with Crippen LogP contribution in [0.5, 0.6) is 0 Å². The van der Waals surface area contributed by atoms with Gasteiger partial charge in [0.25, 0.3) is 0 Å². The van der Waals surface area contributed by atoms with Crippen molar-refractivity contribution in [3.05, 3.63) is 0 Å². The first-order valence-corrected chi connectivity index (χ1v) is 9.46. The lowest BCUT2D eigenvalue weighted by Crippen LogP contribution is -2.61. The minimum atomic E-state index is 0.185. The second-order valence-electron chi connectivity index (χ2n) is 8.59. The smallest absolute Gasteiger partial charge is 0.0810 e. The SMILES string of the molecule is CCC(C)(C)C1CCC2OC3(CCCCCC3)CNC2C1. The molecule has 0 radical (unpaired) electrons. The predicted molar refractivity (Wildman–Crippen MR) is 88.5 cm³/mol. The molecule has 0 aromatic rings. The highest BCUT2D eigenvalue weighted by Gasteiger charge is 2.45. The number of fused-ring (bicyclic) bond motifs is 1. The van der Waals surface area contributed by atoms with Gasteiger partial charge in [0.2, 0.25) is 0 Å². The van der Waals surface area contributed by atoms with Crippen molar-refractivity contribution >= 4 is 0 Å². The van der Waals surface area contributed by atoms with Gasteiger partial charge in [-0.3, -0.25) is 0 Å². The first-order valence-electron chi connectivity index (χ1n) is 9.46. The van der Waals surface area contributed by atoms with Gasteiger partial charge >= 0.3 is 0 Å². The molecule has 3 atom stereocenters. The van der Waals surface area contributed by atoms with Gasteiger partial charge in [-0.2, -0.15) is 0 Å². The fourth-order valence-corrected chi connectivity index (χ4v) is 4.84. The summed E-state index contributed by atoms with van der Waals surface area (Å²) in [6.07, 6.45) is 13.8. The summed E-state index contributed by atoms with van der Waals surface area (Å²) in [7, 11) is 0. The third kappa shape index (κ3) is 3.32. The molecule has 1 saturated heterocycles. The van der Waals surface area contributed by atoms with Crippen LogP contribution in [0.2, 0.25) is 0 Å². The molecule has 1 N–H and O–H groups in total. The Labute approximate surface area is 131 Å². The van der Waals surface area contributed by atoms with E-state index < -0.39 is 0 Å². The lowest BCUT2D eigenvalue weighted by molar-refractivity contribution is -0.160. The summed E-state index contributed by atoms with van der Waals surface area (Å²) in [5, 5.41) is 3.91. The van der Waals surface area contributed by atoms with E-state index in [0.29, 0.717) is 17.6 Å². The van der Waals surface area contributed by atoms with Crippen molar-refractivity contribution in [2.75, 3.05) is 6.54 Å². The van der Waals surface area contributed by atoms with Crippen molar-refractivity contribution in [3.8, 4) is 0 Å². The Morgan fingerprint density at radius 1 is 1.10 bits per heavy atom.